The van der Waals surface area contributed by atoms with Crippen LogP contribution < -0.4 is 4.74 Å². The third-order valence-corrected chi connectivity index (χ3v) is 3.86. The molecule has 0 bridgehead atoms. The van der Waals surface area contributed by atoms with Crippen molar-refractivity contribution in [3.63, 3.8) is 0 Å². The summed E-state index contributed by atoms with van der Waals surface area (Å²) in [5.41, 5.74) is 0.768. The monoisotopic (exact) mass is 246 g/mol. The molecule has 0 aromatic heterocycles. The molecule has 82 valence electrons. The van der Waals surface area contributed by atoms with E-state index in [4.69, 9.17) is 27.9 Å². The zero-order valence-electron chi connectivity index (χ0n) is 8.39. The van der Waals surface area contributed by atoms with E-state index in [1.165, 1.54) is 0 Å². The number of halogens is 2. The number of rotatable bonds is 3. The average Bonchev–Trinajstić information content (AvgIpc) is 3.03. The van der Waals surface area contributed by atoms with E-state index >= 15 is 0 Å². The Kier molecular flexibility index (Phi) is 2.84. The minimum absolute atomic E-state index is 0.120. The molecule has 1 N–H and O–H groups in total. The minimum Gasteiger partial charge on any atom is -0.495 e. The zero-order valence-corrected chi connectivity index (χ0v) is 9.90. The van der Waals surface area contributed by atoms with Crippen molar-refractivity contribution in [3.05, 3.63) is 27.7 Å². The van der Waals surface area contributed by atoms with Gasteiger partial charge in [0.2, 0.25) is 0 Å². The van der Waals surface area contributed by atoms with Crippen LogP contribution in [-0.2, 0) is 5.41 Å². The molecule has 1 saturated carbocycles. The Balaban J connectivity index is 2.47. The molecule has 2 nitrogen and oxygen atoms in total. The molecule has 0 atom stereocenters. The molecule has 0 heterocycles. The lowest BCUT2D eigenvalue weighted by Gasteiger charge is -2.16. The summed E-state index contributed by atoms with van der Waals surface area (Å²) in [5.74, 6) is 0.569. The highest BCUT2D eigenvalue weighted by atomic mass is 35.5. The largest absolute Gasteiger partial charge is 0.495 e. The van der Waals surface area contributed by atoms with Crippen molar-refractivity contribution in [3.8, 4) is 5.75 Å². The third kappa shape index (κ3) is 1.71. The number of hydrogen-bond acceptors (Lipinski definition) is 2. The summed E-state index contributed by atoms with van der Waals surface area (Å²) in [6.07, 6.45) is 1.93. The van der Waals surface area contributed by atoms with Crippen LogP contribution in [0.5, 0.6) is 5.75 Å². The van der Waals surface area contributed by atoms with Crippen LogP contribution in [0.2, 0.25) is 10.0 Å². The van der Waals surface area contributed by atoms with E-state index in [0.717, 1.165) is 18.4 Å². The van der Waals surface area contributed by atoms with Gasteiger partial charge in [0.1, 0.15) is 10.8 Å². The number of hydrogen-bond donors (Lipinski definition) is 1. The average molecular weight is 247 g/mol. The van der Waals surface area contributed by atoms with Gasteiger partial charge in [0, 0.05) is 5.41 Å². The van der Waals surface area contributed by atoms with Crippen molar-refractivity contribution in [2.24, 2.45) is 0 Å². The first kappa shape index (κ1) is 11.1. The molecule has 1 aliphatic carbocycles. The van der Waals surface area contributed by atoms with Gasteiger partial charge < -0.3 is 9.84 Å². The quantitative estimate of drug-likeness (QED) is 0.889. The van der Waals surface area contributed by atoms with Crippen molar-refractivity contribution >= 4 is 23.2 Å². The summed E-state index contributed by atoms with van der Waals surface area (Å²) < 4.78 is 5.07. The van der Waals surface area contributed by atoms with Crippen LogP contribution in [-0.4, -0.2) is 18.8 Å². The van der Waals surface area contributed by atoms with Crippen LogP contribution in [0, 0.1) is 0 Å². The molecule has 0 saturated heterocycles. The lowest BCUT2D eigenvalue weighted by molar-refractivity contribution is 0.255. The second-order valence-electron chi connectivity index (χ2n) is 3.88. The number of aliphatic hydroxyl groups is 1. The van der Waals surface area contributed by atoms with Crippen molar-refractivity contribution in [2.75, 3.05) is 13.7 Å². The summed E-state index contributed by atoms with van der Waals surface area (Å²) >= 11 is 12.2. The van der Waals surface area contributed by atoms with Gasteiger partial charge in [-0.1, -0.05) is 29.3 Å². The molecule has 0 spiro atoms. The van der Waals surface area contributed by atoms with Gasteiger partial charge in [-0.15, -0.1) is 0 Å². The van der Waals surface area contributed by atoms with E-state index in [-0.39, 0.29) is 12.0 Å². The van der Waals surface area contributed by atoms with Crippen molar-refractivity contribution in [1.29, 1.82) is 0 Å². The van der Waals surface area contributed by atoms with E-state index < -0.39 is 0 Å². The molecule has 4 heteroatoms. The van der Waals surface area contributed by atoms with Crippen molar-refractivity contribution in [2.45, 2.75) is 18.3 Å². The number of methoxy groups -OCH3 is 1. The van der Waals surface area contributed by atoms with E-state index in [2.05, 4.69) is 0 Å². The first-order valence-corrected chi connectivity index (χ1v) is 5.53. The van der Waals surface area contributed by atoms with E-state index in [0.29, 0.717) is 15.8 Å². The zero-order chi connectivity index (χ0) is 11.1. The maximum atomic E-state index is 9.32. The fourth-order valence-electron chi connectivity index (χ4n) is 1.76. The predicted octanol–water partition coefficient (Wildman–Crippen LogP) is 3.03. The molecule has 15 heavy (non-hydrogen) atoms. The van der Waals surface area contributed by atoms with Gasteiger partial charge in [0.05, 0.1) is 18.7 Å². The summed E-state index contributed by atoms with van der Waals surface area (Å²) in [6.45, 7) is 0.120. The topological polar surface area (TPSA) is 29.5 Å². The fourth-order valence-corrected chi connectivity index (χ4v) is 2.36. The maximum Gasteiger partial charge on any atom is 0.138 e. The lowest BCUT2D eigenvalue weighted by Crippen LogP contribution is -2.12. The van der Waals surface area contributed by atoms with E-state index in [1.54, 1.807) is 13.2 Å². The van der Waals surface area contributed by atoms with Gasteiger partial charge in [0.15, 0.2) is 0 Å². The van der Waals surface area contributed by atoms with Crippen LogP contribution in [0.15, 0.2) is 12.1 Å². The lowest BCUT2D eigenvalue weighted by atomic mass is 9.97. The Morgan fingerprint density at radius 1 is 1.33 bits per heavy atom. The molecule has 0 unspecified atom stereocenters. The highest BCUT2D eigenvalue weighted by Crippen LogP contribution is 2.52. The molecule has 1 fully saturated rings. The molecule has 1 aromatic carbocycles. The Hall–Kier alpha value is -0.440. The second kappa shape index (κ2) is 3.85. The smallest absolute Gasteiger partial charge is 0.138 e. The highest BCUT2D eigenvalue weighted by molar-refractivity contribution is 6.43. The summed E-state index contributed by atoms with van der Waals surface area (Å²) in [7, 11) is 1.55. The van der Waals surface area contributed by atoms with Crippen molar-refractivity contribution in [1.82, 2.24) is 0 Å². The van der Waals surface area contributed by atoms with Crippen LogP contribution in [0.3, 0.4) is 0 Å². The third-order valence-electron chi connectivity index (χ3n) is 2.99. The first-order valence-electron chi connectivity index (χ1n) is 4.78. The van der Waals surface area contributed by atoms with Gasteiger partial charge in [-0.25, -0.2) is 0 Å². The Bertz CT molecular complexity index is 386. The maximum absolute atomic E-state index is 9.32. The van der Waals surface area contributed by atoms with Crippen LogP contribution in [0.4, 0.5) is 0 Å². The van der Waals surface area contributed by atoms with Crippen LogP contribution in [0.1, 0.15) is 18.4 Å². The second-order valence-corrected chi connectivity index (χ2v) is 4.64. The SMILES string of the molecule is COc1ccc(C2(CO)CC2)c(Cl)c1Cl. The number of benzene rings is 1. The standard InChI is InChI=1S/C11H12Cl2O2/c1-15-8-3-2-7(9(12)10(8)13)11(6-14)4-5-11/h2-3,14H,4-6H2,1H3. The fraction of sp³-hybridized carbons (Fsp3) is 0.455. The molecule has 2 rings (SSSR count). The summed E-state index contributed by atoms with van der Waals surface area (Å²) in [4.78, 5) is 0. The molecule has 1 aromatic rings. The normalized spacial score (nSPS) is 17.6. The Morgan fingerprint density at radius 2 is 2.00 bits per heavy atom. The van der Waals surface area contributed by atoms with Gasteiger partial charge >= 0.3 is 0 Å². The summed E-state index contributed by atoms with van der Waals surface area (Å²) in [5, 5.41) is 10.2. The highest BCUT2D eigenvalue weighted by Gasteiger charge is 2.45. The van der Waals surface area contributed by atoms with Gasteiger partial charge in [0.25, 0.3) is 0 Å². The van der Waals surface area contributed by atoms with E-state index in [1.807, 2.05) is 6.07 Å². The molecular weight excluding hydrogens is 235 g/mol. The van der Waals surface area contributed by atoms with Gasteiger partial charge in [-0.2, -0.15) is 0 Å². The first-order chi connectivity index (χ1) is 7.14. The van der Waals surface area contributed by atoms with E-state index in [9.17, 15) is 5.11 Å². The Morgan fingerprint density at radius 3 is 2.47 bits per heavy atom. The predicted molar refractivity (Wildman–Crippen MR) is 61.0 cm³/mol. The molecule has 0 aliphatic heterocycles. The van der Waals surface area contributed by atoms with Crippen LogP contribution in [0.25, 0.3) is 0 Å². The van der Waals surface area contributed by atoms with Crippen molar-refractivity contribution < 1.29 is 9.84 Å². The number of ether oxygens (including phenoxy) is 1. The molecule has 0 radical (unpaired) electrons. The molecular formula is C11H12Cl2O2. The molecule has 1 aliphatic rings. The number of aliphatic hydroxyl groups excluding tert-OH is 1. The van der Waals surface area contributed by atoms with Gasteiger partial charge in [-0.3, -0.25) is 0 Å². The molecule has 0 amide bonds. The minimum atomic E-state index is -0.160. The van der Waals surface area contributed by atoms with Crippen LogP contribution >= 0.6 is 23.2 Å². The van der Waals surface area contributed by atoms with Gasteiger partial charge in [-0.05, 0) is 24.5 Å². The Labute approximate surface area is 98.8 Å². The summed E-state index contributed by atoms with van der Waals surface area (Å²) in [6, 6.07) is 3.68.